The van der Waals surface area contributed by atoms with Crippen molar-refractivity contribution < 1.29 is 9.53 Å². The number of aromatic nitrogens is 1. The molecular weight excluding hydrogens is 328 g/mol. The Morgan fingerprint density at radius 3 is 2.88 bits per heavy atom. The van der Waals surface area contributed by atoms with Gasteiger partial charge in [0.25, 0.3) is 0 Å². The molecule has 1 atom stereocenters. The number of carbonyl (C=O) groups excluding carboxylic acids is 1. The molecule has 1 aliphatic heterocycles. The van der Waals surface area contributed by atoms with Crippen molar-refractivity contribution in [2.45, 2.75) is 57.4 Å². The minimum Gasteiger partial charge on any atom is -0.468 e. The maximum atomic E-state index is 10.6. The molecule has 0 aromatic carbocycles. The van der Waals surface area contributed by atoms with Gasteiger partial charge in [0.2, 0.25) is 0 Å². The summed E-state index contributed by atoms with van der Waals surface area (Å²) in [4.78, 5) is 15.4. The summed E-state index contributed by atoms with van der Waals surface area (Å²) in [7, 11) is 3.14. The maximum absolute atomic E-state index is 10.6. The highest BCUT2D eigenvalue weighted by atomic mass is 16.5. The van der Waals surface area contributed by atoms with Crippen molar-refractivity contribution >= 4 is 11.8 Å². The molecule has 1 aromatic heterocycles. The lowest BCUT2D eigenvalue weighted by Crippen LogP contribution is -2.34. The highest BCUT2D eigenvalue weighted by Gasteiger charge is 2.17. The molecule has 2 heterocycles. The third-order valence-electron chi connectivity index (χ3n) is 5.19. The van der Waals surface area contributed by atoms with Crippen LogP contribution in [0.1, 0.15) is 49.8 Å². The molecule has 26 heavy (non-hydrogen) atoms. The van der Waals surface area contributed by atoms with Crippen LogP contribution in [-0.2, 0) is 22.4 Å². The van der Waals surface area contributed by atoms with E-state index in [4.69, 9.17) is 10.7 Å². The smallest absolute Gasteiger partial charge is 0.322 e. The summed E-state index contributed by atoms with van der Waals surface area (Å²) >= 11 is 0. The average Bonchev–Trinajstić information content (AvgIpc) is 2.64. The number of hydrogen-bond donors (Lipinski definition) is 3. The summed E-state index contributed by atoms with van der Waals surface area (Å²) < 4.78 is 4.42. The van der Waals surface area contributed by atoms with Crippen LogP contribution in [-0.4, -0.2) is 44.2 Å². The number of pyridine rings is 1. The molecule has 146 valence electrons. The van der Waals surface area contributed by atoms with Crippen LogP contribution in [0.5, 0.6) is 0 Å². The van der Waals surface area contributed by atoms with E-state index in [2.05, 4.69) is 27.5 Å². The van der Waals surface area contributed by atoms with E-state index in [9.17, 15) is 4.79 Å². The van der Waals surface area contributed by atoms with E-state index in [0.29, 0.717) is 6.42 Å². The van der Waals surface area contributed by atoms with Crippen molar-refractivity contribution in [1.29, 1.82) is 0 Å². The summed E-state index contributed by atoms with van der Waals surface area (Å²) in [6.45, 7) is 1.82. The summed E-state index contributed by atoms with van der Waals surface area (Å²) in [5.74, 6) is 1.79. The number of rotatable bonds is 7. The summed E-state index contributed by atoms with van der Waals surface area (Å²) in [5.41, 5.74) is 8.08. The number of nitrogens with zero attached hydrogens (tertiary/aromatic N) is 1. The SMILES string of the molecule is CNCCC(N)C(=O)OC.c1cc2c(nc1CCC1CCC1)NCCC2. The Kier molecular flexibility index (Phi) is 8.85. The van der Waals surface area contributed by atoms with Crippen LogP contribution in [0.15, 0.2) is 12.1 Å². The zero-order chi connectivity index (χ0) is 18.8. The van der Waals surface area contributed by atoms with E-state index >= 15 is 0 Å². The third-order valence-corrected chi connectivity index (χ3v) is 5.19. The predicted molar refractivity (Wildman–Crippen MR) is 105 cm³/mol. The van der Waals surface area contributed by atoms with Gasteiger partial charge in [-0.3, -0.25) is 4.79 Å². The largest absolute Gasteiger partial charge is 0.468 e. The van der Waals surface area contributed by atoms with E-state index in [1.807, 2.05) is 7.05 Å². The average molecular weight is 363 g/mol. The minimum absolute atomic E-state index is 0.352. The summed E-state index contributed by atoms with van der Waals surface area (Å²) in [5, 5.41) is 6.30. The van der Waals surface area contributed by atoms with Gasteiger partial charge in [0.05, 0.1) is 7.11 Å². The van der Waals surface area contributed by atoms with Crippen molar-refractivity contribution in [3.05, 3.63) is 23.4 Å². The molecule has 3 rings (SSSR count). The molecule has 1 aromatic rings. The number of nitrogens with one attached hydrogen (secondary N) is 2. The van der Waals surface area contributed by atoms with Gasteiger partial charge >= 0.3 is 5.97 Å². The molecule has 0 spiro atoms. The van der Waals surface area contributed by atoms with Crippen LogP contribution in [0.2, 0.25) is 0 Å². The van der Waals surface area contributed by atoms with Gasteiger partial charge in [-0.15, -0.1) is 0 Å². The quantitative estimate of drug-likeness (QED) is 0.645. The Balaban J connectivity index is 0.000000213. The standard InChI is InChI=1S/C14H20N2.C6H14N2O2/c1-3-11(4-1)6-8-13-9-7-12-5-2-10-15-14(12)16-13;1-8-4-3-5(7)6(9)10-2/h7,9,11H,1-6,8,10H2,(H,15,16);5,8H,3-4,7H2,1-2H3. The first kappa shape index (κ1) is 20.6. The van der Waals surface area contributed by atoms with Gasteiger partial charge < -0.3 is 21.1 Å². The highest BCUT2D eigenvalue weighted by molar-refractivity contribution is 5.75. The minimum atomic E-state index is -0.488. The topological polar surface area (TPSA) is 89.3 Å². The Hall–Kier alpha value is -1.66. The molecule has 4 N–H and O–H groups in total. The molecule has 0 bridgehead atoms. The summed E-state index contributed by atoms with van der Waals surface area (Å²) in [6, 6.07) is 4.01. The molecule has 6 heteroatoms. The zero-order valence-electron chi connectivity index (χ0n) is 16.2. The number of aryl methyl sites for hydroxylation is 2. The van der Waals surface area contributed by atoms with Gasteiger partial charge in [0.1, 0.15) is 11.9 Å². The highest BCUT2D eigenvalue weighted by Crippen LogP contribution is 2.30. The number of carbonyl (C=O) groups is 1. The van der Waals surface area contributed by atoms with E-state index in [1.54, 1.807) is 0 Å². The number of esters is 1. The molecule has 0 radical (unpaired) electrons. The van der Waals surface area contributed by atoms with E-state index in [-0.39, 0.29) is 5.97 Å². The lowest BCUT2D eigenvalue weighted by atomic mass is 9.82. The number of nitrogens with two attached hydrogens (primary N) is 1. The molecule has 1 saturated carbocycles. The van der Waals surface area contributed by atoms with E-state index < -0.39 is 6.04 Å². The number of hydrogen-bond acceptors (Lipinski definition) is 6. The van der Waals surface area contributed by atoms with Crippen molar-refractivity contribution in [2.75, 3.05) is 32.6 Å². The van der Waals surface area contributed by atoms with E-state index in [1.165, 1.54) is 63.3 Å². The van der Waals surface area contributed by atoms with Crippen molar-refractivity contribution in [1.82, 2.24) is 10.3 Å². The van der Waals surface area contributed by atoms with Gasteiger partial charge in [-0.05, 0) is 63.2 Å². The second-order valence-electron chi connectivity index (χ2n) is 7.20. The second kappa shape index (κ2) is 11.1. The van der Waals surface area contributed by atoms with Gasteiger partial charge in [-0.1, -0.05) is 25.3 Å². The fraction of sp³-hybridized carbons (Fsp3) is 0.700. The molecule has 1 unspecified atom stereocenters. The van der Waals surface area contributed by atoms with Crippen molar-refractivity contribution in [3.63, 3.8) is 0 Å². The van der Waals surface area contributed by atoms with Crippen LogP contribution < -0.4 is 16.4 Å². The van der Waals surface area contributed by atoms with Crippen molar-refractivity contribution in [2.24, 2.45) is 11.7 Å². The Morgan fingerprint density at radius 2 is 2.23 bits per heavy atom. The first-order valence-electron chi connectivity index (χ1n) is 9.84. The first-order valence-corrected chi connectivity index (χ1v) is 9.84. The fourth-order valence-electron chi connectivity index (χ4n) is 3.21. The molecule has 1 aliphatic carbocycles. The second-order valence-corrected chi connectivity index (χ2v) is 7.20. The summed E-state index contributed by atoms with van der Waals surface area (Å²) in [6.07, 6.45) is 9.90. The molecule has 1 fully saturated rings. The van der Waals surface area contributed by atoms with Gasteiger partial charge in [-0.25, -0.2) is 4.98 Å². The lowest BCUT2D eigenvalue weighted by molar-refractivity contribution is -0.142. The molecular formula is C20H34N4O2. The van der Waals surface area contributed by atoms with Crippen LogP contribution in [0, 0.1) is 5.92 Å². The van der Waals surface area contributed by atoms with Crippen LogP contribution >= 0.6 is 0 Å². The third kappa shape index (κ3) is 6.57. The number of fused-ring (bicyclic) bond motifs is 1. The predicted octanol–water partition coefficient (Wildman–Crippen LogP) is 2.27. The van der Waals surface area contributed by atoms with Crippen LogP contribution in [0.25, 0.3) is 0 Å². The van der Waals surface area contributed by atoms with E-state index in [0.717, 1.165) is 24.8 Å². The number of methoxy groups -OCH3 is 1. The van der Waals surface area contributed by atoms with Gasteiger partial charge in [0.15, 0.2) is 0 Å². The Morgan fingerprint density at radius 1 is 1.42 bits per heavy atom. The molecule has 6 nitrogen and oxygen atoms in total. The van der Waals surface area contributed by atoms with Gasteiger partial charge in [0, 0.05) is 12.2 Å². The first-order chi connectivity index (χ1) is 12.6. The lowest BCUT2D eigenvalue weighted by Gasteiger charge is -2.25. The van der Waals surface area contributed by atoms with Gasteiger partial charge in [-0.2, -0.15) is 0 Å². The van der Waals surface area contributed by atoms with Crippen LogP contribution in [0.3, 0.4) is 0 Å². The maximum Gasteiger partial charge on any atom is 0.322 e. The molecule has 0 amide bonds. The Bertz CT molecular complexity index is 561. The molecule has 0 saturated heterocycles. The monoisotopic (exact) mass is 362 g/mol. The van der Waals surface area contributed by atoms with Crippen LogP contribution in [0.4, 0.5) is 5.82 Å². The zero-order valence-corrected chi connectivity index (χ0v) is 16.2. The Labute approximate surface area is 157 Å². The molecule has 2 aliphatic rings. The fourth-order valence-corrected chi connectivity index (χ4v) is 3.21. The van der Waals surface area contributed by atoms with Crippen molar-refractivity contribution in [3.8, 4) is 0 Å². The number of anilines is 1. The normalized spacial score (nSPS) is 17.0. The number of ether oxygens (including phenoxy) is 1.